The molecule has 78 valence electrons. The standard InChI is InChI=1S/C11H17NO2/c1-2-12(11(8-13)9-14)10-6-4-3-5-7-10/h3-7,11,13-14H,2,8-9H2,1H3. The fourth-order valence-electron chi connectivity index (χ4n) is 1.53. The Morgan fingerprint density at radius 3 is 2.14 bits per heavy atom. The number of anilines is 1. The second kappa shape index (κ2) is 5.62. The lowest BCUT2D eigenvalue weighted by Crippen LogP contribution is -2.40. The van der Waals surface area contributed by atoms with E-state index in [-0.39, 0.29) is 19.3 Å². The number of aliphatic hydroxyl groups excluding tert-OH is 2. The van der Waals surface area contributed by atoms with E-state index in [9.17, 15) is 0 Å². The molecule has 0 aliphatic heterocycles. The summed E-state index contributed by atoms with van der Waals surface area (Å²) < 4.78 is 0. The fraction of sp³-hybridized carbons (Fsp3) is 0.455. The normalized spacial score (nSPS) is 10.6. The number of hydrogen-bond donors (Lipinski definition) is 2. The van der Waals surface area contributed by atoms with Gasteiger partial charge >= 0.3 is 0 Å². The molecule has 0 aromatic heterocycles. The lowest BCUT2D eigenvalue weighted by Gasteiger charge is -2.30. The van der Waals surface area contributed by atoms with Gasteiger partial charge in [0.2, 0.25) is 0 Å². The van der Waals surface area contributed by atoms with E-state index in [1.165, 1.54) is 0 Å². The molecule has 0 aliphatic rings. The van der Waals surface area contributed by atoms with Crippen LogP contribution in [0.15, 0.2) is 30.3 Å². The Bertz CT molecular complexity index is 247. The van der Waals surface area contributed by atoms with Crippen LogP contribution in [-0.4, -0.2) is 36.0 Å². The van der Waals surface area contributed by atoms with Crippen LogP contribution in [0.4, 0.5) is 5.69 Å². The van der Waals surface area contributed by atoms with E-state index in [2.05, 4.69) is 0 Å². The molecule has 0 saturated heterocycles. The van der Waals surface area contributed by atoms with Crippen molar-refractivity contribution in [3.05, 3.63) is 30.3 Å². The first-order valence-corrected chi connectivity index (χ1v) is 4.86. The second-order valence-corrected chi connectivity index (χ2v) is 3.14. The lowest BCUT2D eigenvalue weighted by molar-refractivity contribution is 0.188. The van der Waals surface area contributed by atoms with Gasteiger partial charge in [-0.2, -0.15) is 0 Å². The van der Waals surface area contributed by atoms with Crippen LogP contribution in [-0.2, 0) is 0 Å². The van der Waals surface area contributed by atoms with Gasteiger partial charge in [-0.3, -0.25) is 0 Å². The first kappa shape index (κ1) is 11.0. The molecule has 0 spiro atoms. The maximum atomic E-state index is 9.09. The van der Waals surface area contributed by atoms with Crippen molar-refractivity contribution in [3.8, 4) is 0 Å². The van der Waals surface area contributed by atoms with Crippen LogP contribution in [0.1, 0.15) is 6.92 Å². The van der Waals surface area contributed by atoms with Crippen LogP contribution in [0.25, 0.3) is 0 Å². The van der Waals surface area contributed by atoms with E-state index in [0.717, 1.165) is 12.2 Å². The monoisotopic (exact) mass is 195 g/mol. The van der Waals surface area contributed by atoms with Crippen molar-refractivity contribution in [3.63, 3.8) is 0 Å². The molecule has 2 N–H and O–H groups in total. The predicted molar refractivity (Wildman–Crippen MR) is 57.4 cm³/mol. The topological polar surface area (TPSA) is 43.7 Å². The molecule has 0 atom stereocenters. The van der Waals surface area contributed by atoms with Gasteiger partial charge in [-0.05, 0) is 19.1 Å². The highest BCUT2D eigenvalue weighted by atomic mass is 16.3. The Balaban J connectivity index is 2.81. The van der Waals surface area contributed by atoms with Crippen LogP contribution >= 0.6 is 0 Å². The van der Waals surface area contributed by atoms with E-state index < -0.39 is 0 Å². The Morgan fingerprint density at radius 1 is 1.14 bits per heavy atom. The maximum Gasteiger partial charge on any atom is 0.0751 e. The SMILES string of the molecule is CCN(c1ccccc1)C(CO)CO. The van der Waals surface area contributed by atoms with Crippen molar-refractivity contribution in [2.45, 2.75) is 13.0 Å². The highest BCUT2D eigenvalue weighted by Crippen LogP contribution is 2.15. The Hall–Kier alpha value is -1.06. The number of aliphatic hydroxyl groups is 2. The molecule has 1 aromatic carbocycles. The van der Waals surface area contributed by atoms with Gasteiger partial charge in [0.25, 0.3) is 0 Å². The molecule has 0 heterocycles. The van der Waals surface area contributed by atoms with E-state index in [0.29, 0.717) is 0 Å². The van der Waals surface area contributed by atoms with E-state index >= 15 is 0 Å². The number of likely N-dealkylation sites (N-methyl/N-ethyl adjacent to an activating group) is 1. The summed E-state index contributed by atoms with van der Waals surface area (Å²) >= 11 is 0. The van der Waals surface area contributed by atoms with Gasteiger partial charge in [0, 0.05) is 12.2 Å². The summed E-state index contributed by atoms with van der Waals surface area (Å²) in [4.78, 5) is 1.99. The summed E-state index contributed by atoms with van der Waals surface area (Å²) in [5, 5.41) is 18.2. The zero-order valence-electron chi connectivity index (χ0n) is 8.43. The molecular formula is C11H17NO2. The molecule has 0 fully saturated rings. The van der Waals surface area contributed by atoms with Gasteiger partial charge in [-0.1, -0.05) is 18.2 Å². The molecule has 3 nitrogen and oxygen atoms in total. The molecule has 1 aromatic rings. The Morgan fingerprint density at radius 2 is 1.71 bits per heavy atom. The van der Waals surface area contributed by atoms with Crippen LogP contribution in [0.5, 0.6) is 0 Å². The van der Waals surface area contributed by atoms with E-state index in [1.54, 1.807) is 0 Å². The average Bonchev–Trinajstić information content (AvgIpc) is 2.27. The third-order valence-corrected chi connectivity index (χ3v) is 2.29. The average molecular weight is 195 g/mol. The summed E-state index contributed by atoms with van der Waals surface area (Å²) in [7, 11) is 0. The number of benzene rings is 1. The fourth-order valence-corrected chi connectivity index (χ4v) is 1.53. The quantitative estimate of drug-likeness (QED) is 0.732. The van der Waals surface area contributed by atoms with E-state index in [1.807, 2.05) is 42.2 Å². The highest BCUT2D eigenvalue weighted by molar-refractivity contribution is 5.46. The predicted octanol–water partition coefficient (Wildman–Crippen LogP) is 0.866. The molecule has 0 amide bonds. The minimum absolute atomic E-state index is 0.0285. The van der Waals surface area contributed by atoms with Crippen molar-refractivity contribution in [1.29, 1.82) is 0 Å². The minimum Gasteiger partial charge on any atom is -0.394 e. The van der Waals surface area contributed by atoms with Gasteiger partial charge in [0.1, 0.15) is 0 Å². The Kier molecular flexibility index (Phi) is 4.43. The van der Waals surface area contributed by atoms with Crippen molar-refractivity contribution < 1.29 is 10.2 Å². The zero-order valence-corrected chi connectivity index (χ0v) is 8.43. The first-order valence-electron chi connectivity index (χ1n) is 4.86. The van der Waals surface area contributed by atoms with Gasteiger partial charge in [-0.15, -0.1) is 0 Å². The zero-order chi connectivity index (χ0) is 10.4. The number of para-hydroxylation sites is 1. The first-order chi connectivity index (χ1) is 6.83. The van der Waals surface area contributed by atoms with Crippen molar-refractivity contribution in [1.82, 2.24) is 0 Å². The van der Waals surface area contributed by atoms with Crippen LogP contribution < -0.4 is 4.90 Å². The molecule has 14 heavy (non-hydrogen) atoms. The summed E-state index contributed by atoms with van der Waals surface area (Å²) in [6.45, 7) is 2.72. The lowest BCUT2D eigenvalue weighted by atomic mass is 10.2. The number of nitrogens with zero attached hydrogens (tertiary/aromatic N) is 1. The molecule has 3 heteroatoms. The summed E-state index contributed by atoms with van der Waals surface area (Å²) in [5.41, 5.74) is 1.03. The number of hydrogen-bond acceptors (Lipinski definition) is 3. The molecule has 0 unspecified atom stereocenters. The smallest absolute Gasteiger partial charge is 0.0751 e. The van der Waals surface area contributed by atoms with Crippen molar-refractivity contribution >= 4 is 5.69 Å². The second-order valence-electron chi connectivity index (χ2n) is 3.14. The Labute approximate surface area is 84.6 Å². The maximum absolute atomic E-state index is 9.09. The van der Waals surface area contributed by atoms with Crippen molar-refractivity contribution in [2.24, 2.45) is 0 Å². The van der Waals surface area contributed by atoms with Crippen LogP contribution in [0, 0.1) is 0 Å². The van der Waals surface area contributed by atoms with E-state index in [4.69, 9.17) is 10.2 Å². The van der Waals surface area contributed by atoms with Crippen LogP contribution in [0.3, 0.4) is 0 Å². The molecular weight excluding hydrogens is 178 g/mol. The number of rotatable bonds is 5. The summed E-state index contributed by atoms with van der Waals surface area (Å²) in [6, 6.07) is 9.59. The van der Waals surface area contributed by atoms with Gasteiger partial charge in [-0.25, -0.2) is 0 Å². The third-order valence-electron chi connectivity index (χ3n) is 2.29. The summed E-state index contributed by atoms with van der Waals surface area (Å²) in [6.07, 6.45) is 0. The molecule has 0 saturated carbocycles. The highest BCUT2D eigenvalue weighted by Gasteiger charge is 2.14. The third kappa shape index (κ3) is 2.47. The molecule has 0 bridgehead atoms. The minimum atomic E-state index is -0.206. The molecule has 0 radical (unpaired) electrons. The largest absolute Gasteiger partial charge is 0.394 e. The molecule has 1 rings (SSSR count). The van der Waals surface area contributed by atoms with Gasteiger partial charge in [0.15, 0.2) is 0 Å². The molecule has 0 aliphatic carbocycles. The van der Waals surface area contributed by atoms with Gasteiger partial charge < -0.3 is 15.1 Å². The summed E-state index contributed by atoms with van der Waals surface area (Å²) in [5.74, 6) is 0. The van der Waals surface area contributed by atoms with Crippen LogP contribution in [0.2, 0.25) is 0 Å². The van der Waals surface area contributed by atoms with Crippen molar-refractivity contribution in [2.75, 3.05) is 24.7 Å². The van der Waals surface area contributed by atoms with Gasteiger partial charge in [0.05, 0.1) is 19.3 Å².